The fraction of sp³-hybridized carbons (Fsp3) is 0.351. The lowest BCUT2D eigenvalue weighted by molar-refractivity contribution is -0.273. The van der Waals surface area contributed by atoms with E-state index in [1.54, 1.807) is 0 Å². The third-order valence-corrected chi connectivity index (χ3v) is 7.63. The van der Waals surface area contributed by atoms with Crippen LogP contribution in [0, 0.1) is 0 Å². The Morgan fingerprint density at radius 2 is 0.884 bits per heavy atom. The minimum atomic E-state index is -0.453. The van der Waals surface area contributed by atoms with Crippen LogP contribution in [0.15, 0.2) is 121 Å². The number of aliphatic hydroxyl groups excluding tert-OH is 1. The predicted molar refractivity (Wildman–Crippen MR) is 166 cm³/mol. The number of ether oxygens (including phenoxy) is 5. The van der Waals surface area contributed by atoms with Crippen LogP contribution in [0.25, 0.3) is 0 Å². The molecule has 1 saturated heterocycles. The van der Waals surface area contributed by atoms with Crippen molar-refractivity contribution in [1.82, 2.24) is 0 Å². The van der Waals surface area contributed by atoms with Crippen LogP contribution in [0.4, 0.5) is 0 Å². The minimum absolute atomic E-state index is 0.0733. The molecule has 0 amide bonds. The molecule has 1 aliphatic rings. The van der Waals surface area contributed by atoms with Gasteiger partial charge < -0.3 is 28.8 Å². The summed E-state index contributed by atoms with van der Waals surface area (Å²) in [4.78, 5) is 0. The normalized spacial score (nSPS) is 21.9. The molecule has 6 heteroatoms. The quantitative estimate of drug-likeness (QED) is 0.163. The molecule has 0 spiro atoms. The average Bonchev–Trinajstić information content (AvgIpc) is 3.07. The summed E-state index contributed by atoms with van der Waals surface area (Å²) in [6.07, 6.45) is -0.786. The third-order valence-electron chi connectivity index (χ3n) is 7.63. The maximum atomic E-state index is 9.73. The maximum absolute atomic E-state index is 9.73. The summed E-state index contributed by atoms with van der Waals surface area (Å²) in [7, 11) is 0. The highest BCUT2D eigenvalue weighted by Gasteiger charge is 2.48. The van der Waals surface area contributed by atoms with Crippen LogP contribution in [0.3, 0.4) is 0 Å². The molecule has 0 saturated carbocycles. The molecule has 0 radical (unpaired) electrons. The van der Waals surface area contributed by atoms with Crippen molar-refractivity contribution in [2.75, 3.05) is 13.2 Å². The van der Waals surface area contributed by atoms with Crippen LogP contribution < -0.4 is 0 Å². The summed E-state index contributed by atoms with van der Waals surface area (Å²) < 4.78 is 33.0. The van der Waals surface area contributed by atoms with Gasteiger partial charge in [-0.2, -0.15) is 0 Å². The molecule has 0 aliphatic carbocycles. The topological polar surface area (TPSA) is 66.4 Å². The van der Waals surface area contributed by atoms with Crippen LogP contribution in [0.5, 0.6) is 0 Å². The van der Waals surface area contributed by atoms with E-state index in [4.69, 9.17) is 23.7 Å². The summed E-state index contributed by atoms with van der Waals surface area (Å²) >= 11 is 0. The Morgan fingerprint density at radius 3 is 1.33 bits per heavy atom. The second-order valence-corrected chi connectivity index (χ2v) is 10.9. The first-order valence-electron chi connectivity index (χ1n) is 15.1. The van der Waals surface area contributed by atoms with E-state index in [-0.39, 0.29) is 12.7 Å². The van der Waals surface area contributed by atoms with E-state index >= 15 is 0 Å². The molecule has 0 aromatic heterocycles. The molecular weight excluding hydrogens is 540 g/mol. The molecule has 226 valence electrons. The van der Waals surface area contributed by atoms with Crippen LogP contribution in [0.2, 0.25) is 0 Å². The van der Waals surface area contributed by atoms with E-state index in [1.165, 1.54) is 0 Å². The van der Waals surface area contributed by atoms with Gasteiger partial charge in [-0.1, -0.05) is 121 Å². The predicted octanol–water partition coefficient (Wildman–Crippen LogP) is 6.50. The van der Waals surface area contributed by atoms with Crippen molar-refractivity contribution in [3.63, 3.8) is 0 Å². The molecule has 1 aliphatic heterocycles. The lowest BCUT2D eigenvalue weighted by Gasteiger charge is -2.46. The Balaban J connectivity index is 1.41. The first kappa shape index (κ1) is 31.1. The second kappa shape index (κ2) is 17.1. The molecule has 0 bridgehead atoms. The van der Waals surface area contributed by atoms with Crippen molar-refractivity contribution >= 4 is 0 Å². The number of hydrogen-bond donors (Lipinski definition) is 1. The number of benzene rings is 4. The van der Waals surface area contributed by atoms with Crippen LogP contribution in [-0.4, -0.2) is 48.8 Å². The number of rotatable bonds is 16. The van der Waals surface area contributed by atoms with E-state index in [0.29, 0.717) is 45.9 Å². The summed E-state index contributed by atoms with van der Waals surface area (Å²) in [6, 6.07) is 40.5. The Morgan fingerprint density at radius 1 is 0.488 bits per heavy atom. The molecule has 4 aromatic rings. The molecule has 43 heavy (non-hydrogen) atoms. The van der Waals surface area contributed by atoms with Crippen LogP contribution >= 0.6 is 0 Å². The third kappa shape index (κ3) is 9.57. The van der Waals surface area contributed by atoms with Crippen molar-refractivity contribution in [3.8, 4) is 0 Å². The van der Waals surface area contributed by atoms with Gasteiger partial charge in [-0.3, -0.25) is 0 Å². The van der Waals surface area contributed by atoms with Gasteiger partial charge in [0.25, 0.3) is 0 Å². The smallest absolute Gasteiger partial charge is 0.115 e. The van der Waals surface area contributed by atoms with Crippen molar-refractivity contribution in [1.29, 1.82) is 0 Å². The van der Waals surface area contributed by atoms with E-state index in [1.807, 2.05) is 84.9 Å². The second-order valence-electron chi connectivity index (χ2n) is 10.9. The zero-order valence-electron chi connectivity index (χ0n) is 24.6. The first-order valence-corrected chi connectivity index (χ1v) is 15.1. The maximum Gasteiger partial charge on any atom is 0.115 e. The van der Waals surface area contributed by atoms with E-state index in [0.717, 1.165) is 22.3 Å². The van der Waals surface area contributed by atoms with Gasteiger partial charge in [-0.25, -0.2) is 0 Å². The molecule has 1 fully saturated rings. The Bertz CT molecular complexity index is 1290. The number of aliphatic hydroxyl groups is 1. The molecule has 5 atom stereocenters. The van der Waals surface area contributed by atoms with Gasteiger partial charge >= 0.3 is 0 Å². The summed E-state index contributed by atoms with van der Waals surface area (Å²) in [5.41, 5.74) is 4.30. The van der Waals surface area contributed by atoms with Crippen molar-refractivity contribution in [2.24, 2.45) is 0 Å². The first-order chi connectivity index (χ1) is 21.3. The van der Waals surface area contributed by atoms with Gasteiger partial charge in [-0.15, -0.1) is 0 Å². The molecule has 1 N–H and O–H groups in total. The average molecular weight is 583 g/mol. The van der Waals surface area contributed by atoms with Crippen molar-refractivity contribution in [2.45, 2.75) is 69.8 Å². The zero-order valence-corrected chi connectivity index (χ0v) is 24.6. The fourth-order valence-electron chi connectivity index (χ4n) is 5.41. The molecular formula is C37H42O6. The Labute approximate surface area is 255 Å². The van der Waals surface area contributed by atoms with Gasteiger partial charge in [0.05, 0.1) is 39.1 Å². The van der Waals surface area contributed by atoms with Crippen LogP contribution in [0.1, 0.15) is 35.1 Å². The van der Waals surface area contributed by atoms with Gasteiger partial charge in [0, 0.05) is 6.61 Å². The summed E-state index contributed by atoms with van der Waals surface area (Å²) in [5.74, 6) is 0. The van der Waals surface area contributed by atoms with Gasteiger partial charge in [-0.05, 0) is 35.1 Å². The molecule has 6 nitrogen and oxygen atoms in total. The highest BCUT2D eigenvalue weighted by molar-refractivity contribution is 5.16. The van der Waals surface area contributed by atoms with E-state index in [9.17, 15) is 5.11 Å². The summed E-state index contributed by atoms with van der Waals surface area (Å²) in [5, 5.41) is 9.73. The monoisotopic (exact) mass is 582 g/mol. The van der Waals surface area contributed by atoms with Crippen LogP contribution in [-0.2, 0) is 50.1 Å². The summed E-state index contributed by atoms with van der Waals surface area (Å²) in [6.45, 7) is 2.10. The van der Waals surface area contributed by atoms with Gasteiger partial charge in [0.1, 0.15) is 24.4 Å². The lowest BCUT2D eigenvalue weighted by Crippen LogP contribution is -2.61. The molecule has 5 rings (SSSR count). The highest BCUT2D eigenvalue weighted by atomic mass is 16.6. The zero-order chi connectivity index (χ0) is 29.5. The van der Waals surface area contributed by atoms with Crippen molar-refractivity contribution < 1.29 is 28.8 Å². The minimum Gasteiger partial charge on any atom is -0.396 e. The standard InChI is InChI=1S/C37H42O6/c38-23-13-22-33-35(40-25-30-16-7-2-8-17-30)37(42-27-32-20-11-4-12-21-32)36(41-26-31-18-9-3-10-19-31)34(43-33)28-39-24-29-14-5-1-6-15-29/h1-12,14-21,33-38H,13,22-28H2/t33-,34-,35+,36+,37-/m1/s1. The fourth-order valence-corrected chi connectivity index (χ4v) is 5.41. The SMILES string of the molecule is OCCC[C@H]1O[C@H](COCc2ccccc2)[C@H](OCc2ccccc2)[C@H](OCc2ccccc2)[C@H]1OCc1ccccc1. The number of hydrogen-bond acceptors (Lipinski definition) is 6. The Kier molecular flexibility index (Phi) is 12.3. The molecule has 0 unspecified atom stereocenters. The van der Waals surface area contributed by atoms with Gasteiger partial charge in [0.2, 0.25) is 0 Å². The lowest BCUT2D eigenvalue weighted by atomic mass is 9.91. The van der Waals surface area contributed by atoms with Gasteiger partial charge in [0.15, 0.2) is 0 Å². The molecule has 4 aromatic carbocycles. The highest BCUT2D eigenvalue weighted by Crippen LogP contribution is 2.32. The Hall–Kier alpha value is -3.36. The van der Waals surface area contributed by atoms with Crippen molar-refractivity contribution in [3.05, 3.63) is 144 Å². The molecule has 1 heterocycles. The van der Waals surface area contributed by atoms with E-state index < -0.39 is 24.4 Å². The van der Waals surface area contributed by atoms with E-state index in [2.05, 4.69) is 36.4 Å². The largest absolute Gasteiger partial charge is 0.396 e.